The van der Waals surface area contributed by atoms with E-state index >= 15 is 0 Å². The number of aromatic nitrogens is 2. The minimum Gasteiger partial charge on any atom is -0.382 e. The SMILES string of the molecule is CC1CCC(CNc2cn[nH]c2)CC1. The average Bonchev–Trinajstić information content (AvgIpc) is 2.70. The fourth-order valence-corrected chi connectivity index (χ4v) is 2.14. The molecule has 1 aromatic heterocycles. The summed E-state index contributed by atoms with van der Waals surface area (Å²) in [6.07, 6.45) is 9.31. The van der Waals surface area contributed by atoms with E-state index in [0.29, 0.717) is 0 Å². The summed E-state index contributed by atoms with van der Waals surface area (Å²) in [5, 5.41) is 10.1. The molecule has 0 aromatic carbocycles. The highest BCUT2D eigenvalue weighted by atomic mass is 15.1. The fraction of sp³-hybridized carbons (Fsp3) is 0.727. The second-order valence-electron chi connectivity index (χ2n) is 4.49. The van der Waals surface area contributed by atoms with Crippen LogP contribution in [0.4, 0.5) is 5.69 Å². The highest BCUT2D eigenvalue weighted by molar-refractivity contribution is 5.37. The Kier molecular flexibility index (Phi) is 3.07. The number of rotatable bonds is 3. The fourth-order valence-electron chi connectivity index (χ4n) is 2.14. The molecule has 1 aliphatic carbocycles. The van der Waals surface area contributed by atoms with Crippen LogP contribution in [-0.2, 0) is 0 Å². The summed E-state index contributed by atoms with van der Waals surface area (Å²) in [6.45, 7) is 3.46. The third-order valence-electron chi connectivity index (χ3n) is 3.23. The molecule has 0 radical (unpaired) electrons. The molecule has 0 bridgehead atoms. The molecule has 0 atom stereocenters. The molecule has 1 heterocycles. The molecular weight excluding hydrogens is 174 g/mol. The van der Waals surface area contributed by atoms with Crippen molar-refractivity contribution in [2.45, 2.75) is 32.6 Å². The Hall–Kier alpha value is -0.990. The van der Waals surface area contributed by atoms with Crippen LogP contribution in [-0.4, -0.2) is 16.7 Å². The smallest absolute Gasteiger partial charge is 0.0723 e. The van der Waals surface area contributed by atoms with Crippen molar-refractivity contribution in [2.24, 2.45) is 11.8 Å². The van der Waals surface area contributed by atoms with Crippen LogP contribution in [0, 0.1) is 11.8 Å². The van der Waals surface area contributed by atoms with Crippen molar-refractivity contribution in [1.82, 2.24) is 10.2 Å². The summed E-state index contributed by atoms with van der Waals surface area (Å²) < 4.78 is 0. The number of hydrogen-bond acceptors (Lipinski definition) is 2. The van der Waals surface area contributed by atoms with Gasteiger partial charge >= 0.3 is 0 Å². The number of anilines is 1. The first-order valence-corrected chi connectivity index (χ1v) is 5.57. The van der Waals surface area contributed by atoms with Gasteiger partial charge in [-0.25, -0.2) is 0 Å². The first kappa shape index (κ1) is 9.56. The standard InChI is InChI=1S/C11H19N3/c1-9-2-4-10(5-3-9)6-12-11-7-13-14-8-11/h7-10,12H,2-6H2,1H3,(H,13,14). The van der Waals surface area contributed by atoms with E-state index < -0.39 is 0 Å². The molecule has 0 aliphatic heterocycles. The van der Waals surface area contributed by atoms with Crippen molar-refractivity contribution in [2.75, 3.05) is 11.9 Å². The summed E-state index contributed by atoms with van der Waals surface area (Å²) in [7, 11) is 0. The van der Waals surface area contributed by atoms with Crippen molar-refractivity contribution in [3.8, 4) is 0 Å². The maximum atomic E-state index is 3.91. The minimum absolute atomic E-state index is 0.862. The van der Waals surface area contributed by atoms with Crippen LogP contribution in [0.2, 0.25) is 0 Å². The van der Waals surface area contributed by atoms with E-state index in [1.807, 2.05) is 12.4 Å². The van der Waals surface area contributed by atoms with Gasteiger partial charge in [0.1, 0.15) is 0 Å². The minimum atomic E-state index is 0.862. The number of aromatic amines is 1. The van der Waals surface area contributed by atoms with Crippen LogP contribution >= 0.6 is 0 Å². The van der Waals surface area contributed by atoms with Gasteiger partial charge in [-0.15, -0.1) is 0 Å². The molecule has 0 amide bonds. The van der Waals surface area contributed by atoms with Gasteiger partial charge in [-0.1, -0.05) is 19.8 Å². The molecule has 1 fully saturated rings. The lowest BCUT2D eigenvalue weighted by molar-refractivity contribution is 0.300. The lowest BCUT2D eigenvalue weighted by Crippen LogP contribution is -2.19. The van der Waals surface area contributed by atoms with Gasteiger partial charge in [-0.05, 0) is 24.7 Å². The van der Waals surface area contributed by atoms with Crippen LogP contribution in [0.15, 0.2) is 12.4 Å². The number of hydrogen-bond donors (Lipinski definition) is 2. The second-order valence-corrected chi connectivity index (χ2v) is 4.49. The normalized spacial score (nSPS) is 27.5. The Morgan fingerprint density at radius 2 is 2.21 bits per heavy atom. The number of H-pyrrole nitrogens is 1. The van der Waals surface area contributed by atoms with Crippen LogP contribution in [0.1, 0.15) is 32.6 Å². The Balaban J connectivity index is 1.71. The number of nitrogens with zero attached hydrogens (tertiary/aromatic N) is 1. The van der Waals surface area contributed by atoms with Crippen molar-refractivity contribution >= 4 is 5.69 Å². The molecule has 1 aliphatic rings. The third-order valence-corrected chi connectivity index (χ3v) is 3.23. The molecule has 1 aromatic rings. The van der Waals surface area contributed by atoms with Gasteiger partial charge in [0.25, 0.3) is 0 Å². The summed E-state index contributed by atoms with van der Waals surface area (Å²) in [5.74, 6) is 1.81. The predicted octanol–water partition coefficient (Wildman–Crippen LogP) is 2.65. The first-order chi connectivity index (χ1) is 6.84. The highest BCUT2D eigenvalue weighted by Crippen LogP contribution is 2.28. The molecule has 3 heteroatoms. The van der Waals surface area contributed by atoms with E-state index in [9.17, 15) is 0 Å². The van der Waals surface area contributed by atoms with Crippen molar-refractivity contribution in [3.63, 3.8) is 0 Å². The zero-order valence-corrected chi connectivity index (χ0v) is 8.79. The number of nitrogens with one attached hydrogen (secondary N) is 2. The van der Waals surface area contributed by atoms with E-state index in [4.69, 9.17) is 0 Å². The molecular formula is C11H19N3. The second kappa shape index (κ2) is 4.49. The van der Waals surface area contributed by atoms with Gasteiger partial charge in [0.05, 0.1) is 11.9 Å². The molecule has 2 rings (SSSR count). The molecule has 78 valence electrons. The molecule has 0 spiro atoms. The third kappa shape index (κ3) is 2.50. The summed E-state index contributed by atoms with van der Waals surface area (Å²) in [4.78, 5) is 0. The van der Waals surface area contributed by atoms with Crippen LogP contribution in [0.3, 0.4) is 0 Å². The molecule has 0 unspecified atom stereocenters. The quantitative estimate of drug-likeness (QED) is 0.774. The van der Waals surface area contributed by atoms with Crippen LogP contribution < -0.4 is 5.32 Å². The van der Waals surface area contributed by atoms with Gasteiger partial charge < -0.3 is 5.32 Å². The predicted molar refractivity (Wildman–Crippen MR) is 58.2 cm³/mol. The largest absolute Gasteiger partial charge is 0.382 e. The Morgan fingerprint density at radius 1 is 1.43 bits per heavy atom. The van der Waals surface area contributed by atoms with Gasteiger partial charge in [0.2, 0.25) is 0 Å². The maximum absolute atomic E-state index is 3.91. The van der Waals surface area contributed by atoms with Gasteiger partial charge in [0, 0.05) is 12.7 Å². The Labute approximate surface area is 85.3 Å². The summed E-state index contributed by atoms with van der Waals surface area (Å²) >= 11 is 0. The van der Waals surface area contributed by atoms with E-state index in [0.717, 1.165) is 24.1 Å². The van der Waals surface area contributed by atoms with Gasteiger partial charge in [-0.2, -0.15) is 5.10 Å². The summed E-state index contributed by atoms with van der Waals surface area (Å²) in [5.41, 5.74) is 1.11. The molecule has 2 N–H and O–H groups in total. The highest BCUT2D eigenvalue weighted by Gasteiger charge is 2.17. The lowest BCUT2D eigenvalue weighted by Gasteiger charge is -2.26. The molecule has 0 saturated heterocycles. The monoisotopic (exact) mass is 193 g/mol. The summed E-state index contributed by atoms with van der Waals surface area (Å²) in [6, 6.07) is 0. The zero-order chi connectivity index (χ0) is 9.80. The first-order valence-electron chi connectivity index (χ1n) is 5.57. The van der Waals surface area contributed by atoms with Crippen LogP contribution in [0.5, 0.6) is 0 Å². The van der Waals surface area contributed by atoms with Gasteiger partial charge in [0.15, 0.2) is 0 Å². The van der Waals surface area contributed by atoms with E-state index in [1.54, 1.807) is 0 Å². The Morgan fingerprint density at radius 3 is 2.86 bits per heavy atom. The Bertz CT molecular complexity index is 248. The topological polar surface area (TPSA) is 40.7 Å². The molecule has 14 heavy (non-hydrogen) atoms. The lowest BCUT2D eigenvalue weighted by atomic mass is 9.83. The van der Waals surface area contributed by atoms with Crippen LogP contribution in [0.25, 0.3) is 0 Å². The zero-order valence-electron chi connectivity index (χ0n) is 8.79. The molecule has 1 saturated carbocycles. The van der Waals surface area contributed by atoms with E-state index in [1.165, 1.54) is 25.7 Å². The van der Waals surface area contributed by atoms with Crippen molar-refractivity contribution in [3.05, 3.63) is 12.4 Å². The average molecular weight is 193 g/mol. The van der Waals surface area contributed by atoms with Gasteiger partial charge in [-0.3, -0.25) is 5.10 Å². The molecule has 3 nitrogen and oxygen atoms in total. The van der Waals surface area contributed by atoms with E-state index in [-0.39, 0.29) is 0 Å². The van der Waals surface area contributed by atoms with E-state index in [2.05, 4.69) is 22.4 Å². The maximum Gasteiger partial charge on any atom is 0.0723 e. The van der Waals surface area contributed by atoms with Crippen molar-refractivity contribution in [1.29, 1.82) is 0 Å². The van der Waals surface area contributed by atoms with Crippen molar-refractivity contribution < 1.29 is 0 Å².